The zero-order valence-electron chi connectivity index (χ0n) is 10.6. The SMILES string of the molecule is Cc1ccc(Cc2nc3ncc(C)cc3[nH]2)cc1. The minimum atomic E-state index is 0.794. The van der Waals surface area contributed by atoms with Crippen LogP contribution in [0.1, 0.15) is 22.5 Å². The molecule has 0 saturated heterocycles. The van der Waals surface area contributed by atoms with Crippen molar-refractivity contribution in [2.24, 2.45) is 0 Å². The standard InChI is InChI=1S/C15H15N3/c1-10-3-5-12(6-4-10)8-14-17-13-7-11(2)9-16-15(13)18-14/h3-7,9H,8H2,1-2H3,(H,16,17,18). The van der Waals surface area contributed by atoms with Gasteiger partial charge in [-0.1, -0.05) is 29.8 Å². The lowest BCUT2D eigenvalue weighted by Crippen LogP contribution is -1.90. The van der Waals surface area contributed by atoms with Crippen molar-refractivity contribution < 1.29 is 0 Å². The van der Waals surface area contributed by atoms with Crippen molar-refractivity contribution in [3.63, 3.8) is 0 Å². The summed E-state index contributed by atoms with van der Waals surface area (Å²) < 4.78 is 0. The molecule has 0 aliphatic carbocycles. The Balaban J connectivity index is 1.92. The molecular weight excluding hydrogens is 222 g/mol. The molecule has 0 radical (unpaired) electrons. The Morgan fingerprint density at radius 2 is 1.83 bits per heavy atom. The zero-order chi connectivity index (χ0) is 12.5. The molecule has 0 unspecified atom stereocenters. The van der Waals surface area contributed by atoms with Crippen molar-refractivity contribution in [2.45, 2.75) is 20.3 Å². The van der Waals surface area contributed by atoms with Crippen LogP contribution in [0.4, 0.5) is 0 Å². The fourth-order valence-electron chi connectivity index (χ4n) is 2.04. The summed E-state index contributed by atoms with van der Waals surface area (Å²) in [4.78, 5) is 12.1. The Morgan fingerprint density at radius 3 is 2.61 bits per heavy atom. The third-order valence-corrected chi connectivity index (χ3v) is 3.02. The molecule has 0 aliphatic rings. The molecule has 0 amide bonds. The molecule has 90 valence electrons. The van der Waals surface area contributed by atoms with Crippen molar-refractivity contribution >= 4 is 11.2 Å². The number of aromatic amines is 1. The average molecular weight is 237 g/mol. The van der Waals surface area contributed by atoms with Gasteiger partial charge in [0, 0.05) is 12.6 Å². The van der Waals surface area contributed by atoms with Crippen LogP contribution in [0.25, 0.3) is 11.2 Å². The molecule has 1 N–H and O–H groups in total. The minimum Gasteiger partial charge on any atom is -0.340 e. The summed E-state index contributed by atoms with van der Waals surface area (Å²) in [7, 11) is 0. The maximum atomic E-state index is 4.50. The van der Waals surface area contributed by atoms with Crippen LogP contribution in [0.3, 0.4) is 0 Å². The first-order valence-corrected chi connectivity index (χ1v) is 6.07. The first-order chi connectivity index (χ1) is 8.70. The van der Waals surface area contributed by atoms with Crippen LogP contribution >= 0.6 is 0 Å². The van der Waals surface area contributed by atoms with Crippen LogP contribution in [-0.2, 0) is 6.42 Å². The van der Waals surface area contributed by atoms with Gasteiger partial charge < -0.3 is 4.98 Å². The lowest BCUT2D eigenvalue weighted by atomic mass is 10.1. The van der Waals surface area contributed by atoms with Gasteiger partial charge in [0.1, 0.15) is 5.82 Å². The molecular formula is C15H15N3. The molecule has 18 heavy (non-hydrogen) atoms. The topological polar surface area (TPSA) is 41.6 Å². The molecule has 0 bridgehead atoms. The van der Waals surface area contributed by atoms with Gasteiger partial charge in [0.15, 0.2) is 5.65 Å². The number of H-pyrrole nitrogens is 1. The molecule has 3 nitrogen and oxygen atoms in total. The van der Waals surface area contributed by atoms with Crippen LogP contribution in [0.15, 0.2) is 36.5 Å². The number of rotatable bonds is 2. The van der Waals surface area contributed by atoms with Crippen LogP contribution in [0.2, 0.25) is 0 Å². The van der Waals surface area contributed by atoms with Gasteiger partial charge in [-0.05, 0) is 31.0 Å². The molecule has 3 aromatic rings. The third-order valence-electron chi connectivity index (χ3n) is 3.02. The van der Waals surface area contributed by atoms with E-state index in [0.717, 1.165) is 29.0 Å². The Hall–Kier alpha value is -2.16. The Bertz CT molecular complexity index is 681. The maximum absolute atomic E-state index is 4.50. The van der Waals surface area contributed by atoms with Gasteiger partial charge >= 0.3 is 0 Å². The summed E-state index contributed by atoms with van der Waals surface area (Å²) >= 11 is 0. The molecule has 0 spiro atoms. The second-order valence-corrected chi connectivity index (χ2v) is 4.73. The molecule has 3 heteroatoms. The number of nitrogens with zero attached hydrogens (tertiary/aromatic N) is 2. The Kier molecular flexibility index (Phi) is 2.59. The highest BCUT2D eigenvalue weighted by Gasteiger charge is 2.04. The molecule has 1 aromatic carbocycles. The van der Waals surface area contributed by atoms with Gasteiger partial charge in [0.2, 0.25) is 0 Å². The number of hydrogen-bond donors (Lipinski definition) is 1. The number of hydrogen-bond acceptors (Lipinski definition) is 2. The summed E-state index contributed by atoms with van der Waals surface area (Å²) in [5, 5.41) is 0. The predicted octanol–water partition coefficient (Wildman–Crippen LogP) is 3.17. The number of nitrogens with one attached hydrogen (secondary N) is 1. The van der Waals surface area contributed by atoms with E-state index in [1.807, 2.05) is 13.1 Å². The average Bonchev–Trinajstić information content (AvgIpc) is 2.73. The number of benzene rings is 1. The van der Waals surface area contributed by atoms with E-state index in [0.29, 0.717) is 0 Å². The number of aromatic nitrogens is 3. The van der Waals surface area contributed by atoms with Crippen molar-refractivity contribution in [1.29, 1.82) is 0 Å². The van der Waals surface area contributed by atoms with Crippen LogP contribution in [0.5, 0.6) is 0 Å². The first-order valence-electron chi connectivity index (χ1n) is 6.07. The number of pyridine rings is 1. The lowest BCUT2D eigenvalue weighted by Gasteiger charge is -1.98. The van der Waals surface area contributed by atoms with E-state index in [1.165, 1.54) is 11.1 Å². The highest BCUT2D eigenvalue weighted by atomic mass is 15.0. The van der Waals surface area contributed by atoms with Gasteiger partial charge in [0.25, 0.3) is 0 Å². The van der Waals surface area contributed by atoms with Crippen LogP contribution in [0, 0.1) is 13.8 Å². The monoisotopic (exact) mass is 237 g/mol. The summed E-state index contributed by atoms with van der Waals surface area (Å²) in [6.45, 7) is 4.13. The van der Waals surface area contributed by atoms with E-state index in [4.69, 9.17) is 0 Å². The summed E-state index contributed by atoms with van der Waals surface area (Å²) in [6.07, 6.45) is 2.66. The summed E-state index contributed by atoms with van der Waals surface area (Å²) in [6, 6.07) is 10.6. The normalized spacial score (nSPS) is 11.0. The number of imidazole rings is 1. The summed E-state index contributed by atoms with van der Waals surface area (Å²) in [5.74, 6) is 0.965. The maximum Gasteiger partial charge on any atom is 0.177 e. The molecule has 2 heterocycles. The zero-order valence-corrected chi connectivity index (χ0v) is 10.6. The van der Waals surface area contributed by atoms with Crippen molar-refractivity contribution in [3.05, 3.63) is 59.0 Å². The van der Waals surface area contributed by atoms with E-state index >= 15 is 0 Å². The van der Waals surface area contributed by atoms with Crippen LogP contribution < -0.4 is 0 Å². The molecule has 3 rings (SSSR count). The smallest absolute Gasteiger partial charge is 0.177 e. The van der Waals surface area contributed by atoms with Gasteiger partial charge in [-0.3, -0.25) is 0 Å². The quantitative estimate of drug-likeness (QED) is 0.743. The molecule has 0 saturated carbocycles. The van der Waals surface area contributed by atoms with Gasteiger partial charge in [0.05, 0.1) is 5.52 Å². The number of fused-ring (bicyclic) bond motifs is 1. The second kappa shape index (κ2) is 4.26. The number of aryl methyl sites for hydroxylation is 2. The summed E-state index contributed by atoms with van der Waals surface area (Å²) in [5.41, 5.74) is 5.49. The first kappa shape index (κ1) is 11.0. The Morgan fingerprint density at radius 1 is 1.06 bits per heavy atom. The lowest BCUT2D eigenvalue weighted by molar-refractivity contribution is 1.03. The molecule has 0 aliphatic heterocycles. The largest absolute Gasteiger partial charge is 0.340 e. The third kappa shape index (κ3) is 2.12. The predicted molar refractivity (Wildman–Crippen MR) is 72.6 cm³/mol. The fraction of sp³-hybridized carbons (Fsp3) is 0.200. The van der Waals surface area contributed by atoms with Gasteiger partial charge in [-0.15, -0.1) is 0 Å². The highest BCUT2D eigenvalue weighted by molar-refractivity contribution is 5.71. The second-order valence-electron chi connectivity index (χ2n) is 4.73. The van der Waals surface area contributed by atoms with Crippen molar-refractivity contribution in [3.8, 4) is 0 Å². The van der Waals surface area contributed by atoms with E-state index < -0.39 is 0 Å². The van der Waals surface area contributed by atoms with Gasteiger partial charge in [-0.25, -0.2) is 9.97 Å². The van der Waals surface area contributed by atoms with Crippen molar-refractivity contribution in [1.82, 2.24) is 15.0 Å². The van der Waals surface area contributed by atoms with E-state index in [2.05, 4.69) is 52.2 Å². The van der Waals surface area contributed by atoms with E-state index in [1.54, 1.807) is 0 Å². The van der Waals surface area contributed by atoms with E-state index in [9.17, 15) is 0 Å². The molecule has 0 atom stereocenters. The molecule has 2 aromatic heterocycles. The minimum absolute atomic E-state index is 0.794. The van der Waals surface area contributed by atoms with Gasteiger partial charge in [-0.2, -0.15) is 0 Å². The highest BCUT2D eigenvalue weighted by Crippen LogP contribution is 2.13. The van der Waals surface area contributed by atoms with E-state index in [-0.39, 0.29) is 0 Å². The molecule has 0 fully saturated rings. The van der Waals surface area contributed by atoms with Crippen LogP contribution in [-0.4, -0.2) is 15.0 Å². The van der Waals surface area contributed by atoms with Crippen molar-refractivity contribution in [2.75, 3.05) is 0 Å². The Labute approximate surface area is 106 Å². The fourth-order valence-corrected chi connectivity index (χ4v) is 2.04.